The lowest BCUT2D eigenvalue weighted by atomic mass is 10.0. The highest BCUT2D eigenvalue weighted by Crippen LogP contribution is 2.17. The first-order chi connectivity index (χ1) is 7.15. The number of halogens is 2. The van der Waals surface area contributed by atoms with Gasteiger partial charge >= 0.3 is 0 Å². The van der Waals surface area contributed by atoms with Crippen molar-refractivity contribution in [2.75, 3.05) is 5.33 Å². The quantitative estimate of drug-likeness (QED) is 0.480. The molecule has 1 aromatic carbocycles. The number of rotatable bonds is 3. The number of Topliss-reactive ketones (excluding diaryl/α,β-unsaturated/α-hetero) is 1. The molecule has 0 aliphatic heterocycles. The molecule has 0 spiro atoms. The van der Waals surface area contributed by atoms with Gasteiger partial charge in [-0.2, -0.15) is 5.26 Å². The molecule has 0 amide bonds. The second-order valence-corrected chi connectivity index (χ2v) is 3.24. The summed E-state index contributed by atoms with van der Waals surface area (Å²) in [5.41, 5.74) is -0.623. The van der Waals surface area contributed by atoms with Crippen molar-refractivity contribution in [3.8, 4) is 6.07 Å². The van der Waals surface area contributed by atoms with Crippen LogP contribution in [0.4, 0.5) is 4.39 Å². The van der Waals surface area contributed by atoms with E-state index in [-0.39, 0.29) is 22.0 Å². The van der Waals surface area contributed by atoms with Gasteiger partial charge < -0.3 is 0 Å². The minimum Gasteiger partial charge on any atom is -0.298 e. The summed E-state index contributed by atoms with van der Waals surface area (Å²) in [7, 11) is 0. The molecule has 0 heterocycles. The molecule has 0 unspecified atom stereocenters. The highest BCUT2D eigenvalue weighted by atomic mass is 79.9. The van der Waals surface area contributed by atoms with E-state index < -0.39 is 11.6 Å². The molecule has 0 aliphatic rings. The molecular formula is C10H5BrFNO2. The van der Waals surface area contributed by atoms with Crippen LogP contribution in [0.15, 0.2) is 12.1 Å². The number of carbonyl (C=O) groups excluding carboxylic acids is 2. The summed E-state index contributed by atoms with van der Waals surface area (Å²) >= 11 is 2.88. The zero-order valence-corrected chi connectivity index (χ0v) is 9.04. The van der Waals surface area contributed by atoms with E-state index in [0.717, 1.165) is 0 Å². The van der Waals surface area contributed by atoms with Gasteiger partial charge in [-0.15, -0.1) is 0 Å². The van der Waals surface area contributed by atoms with Gasteiger partial charge in [0, 0.05) is 5.56 Å². The van der Waals surface area contributed by atoms with E-state index in [0.29, 0.717) is 6.29 Å². The molecule has 0 fully saturated rings. The molecule has 0 aromatic heterocycles. The number of nitrogens with zero attached hydrogens (tertiary/aromatic N) is 1. The summed E-state index contributed by atoms with van der Waals surface area (Å²) in [6.07, 6.45) is 0.389. The number of carbonyl (C=O) groups is 2. The first kappa shape index (κ1) is 11.5. The van der Waals surface area contributed by atoms with Gasteiger partial charge in [0.2, 0.25) is 0 Å². The summed E-state index contributed by atoms with van der Waals surface area (Å²) in [6, 6.07) is 4.03. The molecule has 0 bridgehead atoms. The maximum absolute atomic E-state index is 13.5. The lowest BCUT2D eigenvalue weighted by Gasteiger charge is -2.04. The van der Waals surface area contributed by atoms with Crippen LogP contribution in [0.5, 0.6) is 0 Å². The van der Waals surface area contributed by atoms with E-state index in [1.807, 2.05) is 0 Å². The Balaban J connectivity index is 3.50. The van der Waals surface area contributed by atoms with E-state index in [1.165, 1.54) is 12.1 Å². The van der Waals surface area contributed by atoms with Crippen LogP contribution in [0.25, 0.3) is 0 Å². The SMILES string of the molecule is N#Cc1ccc(C=O)c(C(=O)CBr)c1F. The van der Waals surface area contributed by atoms with Crippen molar-refractivity contribution in [3.63, 3.8) is 0 Å². The molecule has 0 saturated heterocycles. The lowest BCUT2D eigenvalue weighted by Crippen LogP contribution is -2.09. The normalized spacial score (nSPS) is 9.40. The van der Waals surface area contributed by atoms with Crippen LogP contribution in [0, 0.1) is 17.1 Å². The first-order valence-corrected chi connectivity index (χ1v) is 5.04. The molecule has 0 aliphatic carbocycles. The van der Waals surface area contributed by atoms with E-state index in [4.69, 9.17) is 5.26 Å². The molecule has 1 rings (SSSR count). The van der Waals surface area contributed by atoms with E-state index in [1.54, 1.807) is 6.07 Å². The van der Waals surface area contributed by atoms with Crippen LogP contribution in [-0.2, 0) is 0 Å². The number of benzene rings is 1. The van der Waals surface area contributed by atoms with Crippen molar-refractivity contribution in [3.05, 3.63) is 34.6 Å². The summed E-state index contributed by atoms with van der Waals surface area (Å²) in [5.74, 6) is -1.50. The van der Waals surface area contributed by atoms with E-state index in [9.17, 15) is 14.0 Å². The summed E-state index contributed by atoms with van der Waals surface area (Å²) in [6.45, 7) is 0. The molecule has 0 saturated carbocycles. The van der Waals surface area contributed by atoms with E-state index in [2.05, 4.69) is 15.9 Å². The number of aldehydes is 1. The highest BCUT2D eigenvalue weighted by molar-refractivity contribution is 9.09. The molecule has 76 valence electrons. The van der Waals surface area contributed by atoms with E-state index >= 15 is 0 Å². The highest BCUT2D eigenvalue weighted by Gasteiger charge is 2.18. The standard InChI is InChI=1S/C10H5BrFNO2/c11-3-8(15)9-7(5-14)2-1-6(4-13)10(9)12/h1-2,5H,3H2. The van der Waals surface area contributed by atoms with Gasteiger partial charge in [0.25, 0.3) is 0 Å². The van der Waals surface area contributed by atoms with Crippen LogP contribution in [0.1, 0.15) is 26.3 Å². The van der Waals surface area contributed by atoms with Crippen LogP contribution >= 0.6 is 15.9 Å². The minimum atomic E-state index is -0.938. The molecule has 0 N–H and O–H groups in total. The van der Waals surface area contributed by atoms with Gasteiger partial charge in [0.15, 0.2) is 17.9 Å². The maximum Gasteiger partial charge on any atom is 0.177 e. The first-order valence-electron chi connectivity index (χ1n) is 3.92. The van der Waals surface area contributed by atoms with Gasteiger partial charge in [0.05, 0.1) is 16.5 Å². The van der Waals surface area contributed by atoms with Gasteiger partial charge in [-0.25, -0.2) is 4.39 Å². The number of hydrogen-bond acceptors (Lipinski definition) is 3. The van der Waals surface area contributed by atoms with Crippen LogP contribution in [0.2, 0.25) is 0 Å². The molecule has 0 radical (unpaired) electrons. The molecule has 0 atom stereocenters. The van der Waals surface area contributed by atoms with Crippen LogP contribution < -0.4 is 0 Å². The van der Waals surface area contributed by atoms with Gasteiger partial charge in [0.1, 0.15) is 6.07 Å². The fourth-order valence-corrected chi connectivity index (χ4v) is 1.41. The van der Waals surface area contributed by atoms with Gasteiger partial charge in [-0.1, -0.05) is 15.9 Å². The third-order valence-corrected chi connectivity index (χ3v) is 2.33. The fourth-order valence-electron chi connectivity index (χ4n) is 1.13. The van der Waals surface area contributed by atoms with Crippen molar-refractivity contribution < 1.29 is 14.0 Å². The maximum atomic E-state index is 13.5. The molecule has 15 heavy (non-hydrogen) atoms. The van der Waals surface area contributed by atoms with Gasteiger partial charge in [-0.3, -0.25) is 9.59 Å². The Bertz CT molecular complexity index is 465. The molecule has 3 nitrogen and oxygen atoms in total. The number of hydrogen-bond donors (Lipinski definition) is 0. The van der Waals surface area contributed by atoms with Crippen LogP contribution in [-0.4, -0.2) is 17.4 Å². The zero-order chi connectivity index (χ0) is 11.4. The molecular weight excluding hydrogens is 265 g/mol. The summed E-state index contributed by atoms with van der Waals surface area (Å²) < 4.78 is 13.5. The lowest BCUT2D eigenvalue weighted by molar-refractivity contribution is 0.101. The Morgan fingerprint density at radius 2 is 2.27 bits per heavy atom. The second-order valence-electron chi connectivity index (χ2n) is 2.68. The summed E-state index contributed by atoms with van der Waals surface area (Å²) in [5, 5.41) is 8.46. The second kappa shape index (κ2) is 4.80. The van der Waals surface area contributed by atoms with Crippen molar-refractivity contribution in [2.24, 2.45) is 0 Å². The summed E-state index contributed by atoms with van der Waals surface area (Å²) in [4.78, 5) is 21.9. The fraction of sp³-hybridized carbons (Fsp3) is 0.100. The van der Waals surface area contributed by atoms with Crippen molar-refractivity contribution in [1.29, 1.82) is 5.26 Å². The molecule has 1 aromatic rings. The monoisotopic (exact) mass is 269 g/mol. The Kier molecular flexibility index (Phi) is 3.69. The topological polar surface area (TPSA) is 57.9 Å². The van der Waals surface area contributed by atoms with Crippen molar-refractivity contribution in [2.45, 2.75) is 0 Å². The van der Waals surface area contributed by atoms with Crippen LogP contribution in [0.3, 0.4) is 0 Å². The predicted molar refractivity (Wildman–Crippen MR) is 54.6 cm³/mol. The average molecular weight is 270 g/mol. The number of alkyl halides is 1. The predicted octanol–water partition coefficient (Wildman–Crippen LogP) is 2.09. The van der Waals surface area contributed by atoms with Gasteiger partial charge in [-0.05, 0) is 12.1 Å². The Labute approximate surface area is 93.6 Å². The zero-order valence-electron chi connectivity index (χ0n) is 7.46. The largest absolute Gasteiger partial charge is 0.298 e. The minimum absolute atomic E-state index is 0.0454. The smallest absolute Gasteiger partial charge is 0.177 e. The Hall–Kier alpha value is -1.54. The Morgan fingerprint density at radius 1 is 1.60 bits per heavy atom. The average Bonchev–Trinajstić information content (AvgIpc) is 2.27. The van der Waals surface area contributed by atoms with Crippen molar-refractivity contribution in [1.82, 2.24) is 0 Å². The number of ketones is 1. The Morgan fingerprint density at radius 3 is 2.73 bits per heavy atom. The third kappa shape index (κ3) is 2.10. The third-order valence-electron chi connectivity index (χ3n) is 1.82. The molecule has 5 heteroatoms. The number of nitriles is 1. The van der Waals surface area contributed by atoms with Crippen molar-refractivity contribution >= 4 is 28.0 Å².